The van der Waals surface area contributed by atoms with E-state index in [0.717, 1.165) is 48.5 Å². The number of ether oxygens (including phenoxy) is 11. The standard InChI is InChI=1S/C49H55NO19/c1-27(51)59-25-39-42(62-29(3)53)44(63-30(4)54)47(66-33(7)57)49(68-39)69-43-40(26-60-28(2)52)67-48(46(65-32(6)56)45(43)64-31(5)55)61-24-37(38(58)23-34-17-11-8-12-18-34)50-41(35-19-13-9-14-20-35)36-21-15-10-16-22-36/h8-22,37,39-40,42-49H,23-26H2,1-7H3/t37-,39+,40+,42+,43+,44-,45-,46+,47+,48-,49+/m0/s1. The van der Waals surface area contributed by atoms with Gasteiger partial charge in [-0.25, -0.2) is 0 Å². The summed E-state index contributed by atoms with van der Waals surface area (Å²) in [5.74, 6) is -6.54. The van der Waals surface area contributed by atoms with Gasteiger partial charge in [-0.1, -0.05) is 91.0 Å². The predicted molar refractivity (Wildman–Crippen MR) is 237 cm³/mol. The number of ketones is 1. The summed E-state index contributed by atoms with van der Waals surface area (Å²) in [5.41, 5.74) is 2.52. The highest BCUT2D eigenvalue weighted by atomic mass is 16.8. The first-order chi connectivity index (χ1) is 32.9. The lowest BCUT2D eigenvalue weighted by Crippen LogP contribution is -2.67. The second-order valence-corrected chi connectivity index (χ2v) is 15.8. The molecule has 0 aromatic heterocycles. The van der Waals surface area contributed by atoms with E-state index in [0.29, 0.717) is 22.4 Å². The van der Waals surface area contributed by atoms with E-state index in [1.807, 2.05) is 66.7 Å². The number of hydrogen-bond donors (Lipinski definition) is 0. The highest BCUT2D eigenvalue weighted by Gasteiger charge is 2.57. The molecular weight excluding hydrogens is 907 g/mol. The van der Waals surface area contributed by atoms with Crippen LogP contribution in [0.25, 0.3) is 0 Å². The summed E-state index contributed by atoms with van der Waals surface area (Å²) in [7, 11) is 0. The van der Waals surface area contributed by atoms with Crippen molar-refractivity contribution in [2.24, 2.45) is 4.99 Å². The predicted octanol–water partition coefficient (Wildman–Crippen LogP) is 3.34. The second kappa shape index (κ2) is 25.5. The topological polar surface area (TPSA) is 250 Å². The van der Waals surface area contributed by atoms with Gasteiger partial charge >= 0.3 is 41.8 Å². The Morgan fingerprint density at radius 3 is 1.33 bits per heavy atom. The molecule has 0 radical (unpaired) electrons. The van der Waals surface area contributed by atoms with E-state index in [2.05, 4.69) is 0 Å². The number of benzene rings is 3. The van der Waals surface area contributed by atoms with Crippen LogP contribution in [0.15, 0.2) is 96.0 Å². The van der Waals surface area contributed by atoms with Crippen LogP contribution in [-0.2, 0) is 96.9 Å². The molecule has 0 amide bonds. The highest BCUT2D eigenvalue weighted by molar-refractivity contribution is 6.13. The van der Waals surface area contributed by atoms with Gasteiger partial charge < -0.3 is 52.1 Å². The van der Waals surface area contributed by atoms with Crippen molar-refractivity contribution >= 4 is 53.3 Å². The van der Waals surface area contributed by atoms with Gasteiger partial charge in [0.15, 0.2) is 48.9 Å². The summed E-state index contributed by atoms with van der Waals surface area (Å²) in [6, 6.07) is 26.0. The van der Waals surface area contributed by atoms with Crippen molar-refractivity contribution in [1.29, 1.82) is 0 Å². The largest absolute Gasteiger partial charge is 0.463 e. The lowest BCUT2D eigenvalue weighted by atomic mass is 9.96. The van der Waals surface area contributed by atoms with Gasteiger partial charge in [-0.2, -0.15) is 0 Å². The molecule has 69 heavy (non-hydrogen) atoms. The number of aliphatic imine (C=N–C) groups is 1. The molecule has 0 aliphatic carbocycles. The van der Waals surface area contributed by atoms with Crippen LogP contribution >= 0.6 is 0 Å². The lowest BCUT2D eigenvalue weighted by Gasteiger charge is -2.48. The number of nitrogens with zero attached hydrogens (tertiary/aromatic N) is 1. The first-order valence-corrected chi connectivity index (χ1v) is 21.9. The zero-order chi connectivity index (χ0) is 50.2. The Morgan fingerprint density at radius 1 is 0.478 bits per heavy atom. The van der Waals surface area contributed by atoms with Crippen LogP contribution in [0.1, 0.15) is 65.2 Å². The van der Waals surface area contributed by atoms with Gasteiger partial charge in [-0.3, -0.25) is 43.3 Å². The summed E-state index contributed by atoms with van der Waals surface area (Å²) in [6.07, 6.45) is -16.8. The summed E-state index contributed by atoms with van der Waals surface area (Å²) in [4.78, 5) is 107. The lowest BCUT2D eigenvalue weighted by molar-refractivity contribution is -0.361. The van der Waals surface area contributed by atoms with E-state index < -0.39 is 129 Å². The molecule has 2 aliphatic heterocycles. The van der Waals surface area contributed by atoms with Gasteiger partial charge in [-0.15, -0.1) is 0 Å². The molecule has 2 fully saturated rings. The maximum Gasteiger partial charge on any atom is 0.303 e. The van der Waals surface area contributed by atoms with Crippen LogP contribution in [-0.4, -0.2) is 141 Å². The van der Waals surface area contributed by atoms with Gasteiger partial charge in [0.25, 0.3) is 0 Å². The minimum absolute atomic E-state index is 0.0643. The van der Waals surface area contributed by atoms with Gasteiger partial charge in [0.05, 0.1) is 12.3 Å². The number of rotatable bonds is 20. The summed E-state index contributed by atoms with van der Waals surface area (Å²) in [5, 5.41) is 0. The van der Waals surface area contributed by atoms with Crippen molar-refractivity contribution < 1.29 is 90.5 Å². The van der Waals surface area contributed by atoms with E-state index in [4.69, 9.17) is 57.1 Å². The van der Waals surface area contributed by atoms with Crippen LogP contribution in [0.3, 0.4) is 0 Å². The molecule has 20 heteroatoms. The molecule has 3 aromatic carbocycles. The average molecular weight is 962 g/mol. The minimum Gasteiger partial charge on any atom is -0.463 e. The maximum absolute atomic E-state index is 14.4. The molecule has 2 heterocycles. The van der Waals surface area contributed by atoms with Crippen molar-refractivity contribution in [1.82, 2.24) is 0 Å². The molecule has 3 aromatic rings. The third-order valence-corrected chi connectivity index (χ3v) is 10.3. The number of carbonyl (C=O) groups excluding carboxylic acids is 8. The molecule has 0 spiro atoms. The van der Waals surface area contributed by atoms with Crippen LogP contribution in [0.5, 0.6) is 0 Å². The Morgan fingerprint density at radius 2 is 0.870 bits per heavy atom. The quantitative estimate of drug-likeness (QED) is 0.0894. The van der Waals surface area contributed by atoms with E-state index >= 15 is 0 Å². The van der Waals surface area contributed by atoms with Crippen LogP contribution < -0.4 is 0 Å². The third kappa shape index (κ3) is 15.8. The molecule has 0 N–H and O–H groups in total. The molecule has 0 bridgehead atoms. The van der Waals surface area contributed by atoms with E-state index in [1.54, 1.807) is 24.3 Å². The first-order valence-electron chi connectivity index (χ1n) is 21.9. The van der Waals surface area contributed by atoms with Crippen molar-refractivity contribution in [3.05, 3.63) is 108 Å². The van der Waals surface area contributed by atoms with Gasteiger partial charge in [0.2, 0.25) is 0 Å². The Hall–Kier alpha value is -6.87. The number of Topliss-reactive ketones (excluding diaryl/α,β-unsaturated/α-hetero) is 1. The fraction of sp³-hybridized carbons (Fsp3) is 0.449. The molecule has 0 unspecified atom stereocenters. The van der Waals surface area contributed by atoms with Crippen molar-refractivity contribution in [2.75, 3.05) is 19.8 Å². The monoisotopic (exact) mass is 961 g/mol. The third-order valence-electron chi connectivity index (χ3n) is 10.3. The van der Waals surface area contributed by atoms with E-state index in [9.17, 15) is 38.4 Å². The summed E-state index contributed by atoms with van der Waals surface area (Å²) >= 11 is 0. The molecule has 0 saturated carbocycles. The maximum atomic E-state index is 14.4. The smallest absolute Gasteiger partial charge is 0.303 e. The SMILES string of the molecule is CC(=O)OC[C@H]1O[C@H](O[C@H]2[C@H](OC(C)=O)[C@@H](OC(C)=O)[C@@H](OC[C@H](N=C(c3ccccc3)c3ccccc3)C(=O)Cc3ccccc3)O[C@@H]2COC(C)=O)[C@H](OC(C)=O)[C@@H](OC(C)=O)[C@@H]1OC(C)=O. The zero-order valence-corrected chi connectivity index (χ0v) is 39.0. The summed E-state index contributed by atoms with van der Waals surface area (Å²) < 4.78 is 64.1. The van der Waals surface area contributed by atoms with Gasteiger partial charge in [0.1, 0.15) is 37.6 Å². The second-order valence-electron chi connectivity index (χ2n) is 15.8. The van der Waals surface area contributed by atoms with Crippen LogP contribution in [0, 0.1) is 0 Å². The van der Waals surface area contributed by atoms with E-state index in [1.165, 1.54) is 0 Å². The molecule has 11 atom stereocenters. The number of hydrogen-bond acceptors (Lipinski definition) is 20. The Labute approximate surface area is 397 Å². The normalized spacial score (nSPS) is 24.5. The zero-order valence-electron chi connectivity index (χ0n) is 39.0. The minimum atomic E-state index is -1.88. The molecule has 5 rings (SSSR count). The van der Waals surface area contributed by atoms with Crippen LogP contribution in [0.2, 0.25) is 0 Å². The fourth-order valence-corrected chi connectivity index (χ4v) is 7.57. The summed E-state index contributed by atoms with van der Waals surface area (Å²) in [6.45, 7) is 5.65. The molecule has 2 saturated heterocycles. The fourth-order valence-electron chi connectivity index (χ4n) is 7.57. The van der Waals surface area contributed by atoms with Gasteiger partial charge in [-0.05, 0) is 5.56 Å². The average Bonchev–Trinajstić information content (AvgIpc) is 3.28. The van der Waals surface area contributed by atoms with Crippen molar-refractivity contribution in [3.63, 3.8) is 0 Å². The van der Waals surface area contributed by atoms with Crippen LogP contribution in [0.4, 0.5) is 0 Å². The van der Waals surface area contributed by atoms with E-state index in [-0.39, 0.29) is 12.2 Å². The molecule has 2 aliphatic rings. The Kier molecular flexibility index (Phi) is 19.6. The number of esters is 7. The van der Waals surface area contributed by atoms with Crippen molar-refractivity contribution in [3.8, 4) is 0 Å². The molecular formula is C49H55NO19. The first kappa shape index (κ1) is 53.1. The Balaban J connectivity index is 1.60. The number of carbonyl (C=O) groups is 8. The molecule has 20 nitrogen and oxygen atoms in total. The Bertz CT molecular complexity index is 2250. The molecule has 370 valence electrons. The van der Waals surface area contributed by atoms with Crippen molar-refractivity contribution in [2.45, 2.75) is 122 Å². The van der Waals surface area contributed by atoms with Gasteiger partial charge in [0, 0.05) is 66.0 Å². The highest BCUT2D eigenvalue weighted by Crippen LogP contribution is 2.36.